The molecule has 6 nitrogen and oxygen atoms in total. The predicted octanol–water partition coefficient (Wildman–Crippen LogP) is 3.40. The van der Waals surface area contributed by atoms with Gasteiger partial charge in [0, 0.05) is 31.3 Å². The number of carbonyl (C=O) groups is 2. The van der Waals surface area contributed by atoms with Crippen LogP contribution in [0.25, 0.3) is 0 Å². The maximum absolute atomic E-state index is 13.0. The SMILES string of the molecule is CC(=O)N1CCc2cc(S(=O)(=O)[C@@H](C)CC(=O)Nc3ccc(C)cc3C)ccc21. The lowest BCUT2D eigenvalue weighted by Crippen LogP contribution is -2.26. The van der Waals surface area contributed by atoms with E-state index in [1.165, 1.54) is 13.0 Å². The Bertz CT molecular complexity index is 1080. The van der Waals surface area contributed by atoms with Gasteiger partial charge in [0.15, 0.2) is 9.84 Å². The highest BCUT2D eigenvalue weighted by Gasteiger charge is 2.29. The van der Waals surface area contributed by atoms with Crippen molar-refractivity contribution in [3.05, 3.63) is 53.1 Å². The van der Waals surface area contributed by atoms with E-state index in [9.17, 15) is 18.0 Å². The standard InChI is InChI=1S/C22H26N2O4S/c1-14-5-7-20(15(2)11-14)23-22(26)12-16(3)29(27,28)19-6-8-21-18(13-19)9-10-24(21)17(4)25/h5-8,11,13,16H,9-10,12H2,1-4H3,(H,23,26)/t16-/m0/s1. The third-order valence-corrected chi connectivity index (χ3v) is 7.45. The van der Waals surface area contributed by atoms with Crippen LogP contribution in [-0.2, 0) is 25.8 Å². The summed E-state index contributed by atoms with van der Waals surface area (Å²) in [4.78, 5) is 25.9. The fourth-order valence-electron chi connectivity index (χ4n) is 3.64. The van der Waals surface area contributed by atoms with Crippen molar-refractivity contribution in [2.45, 2.75) is 50.7 Å². The van der Waals surface area contributed by atoms with Gasteiger partial charge in [0.2, 0.25) is 11.8 Å². The first-order valence-corrected chi connectivity index (χ1v) is 11.2. The summed E-state index contributed by atoms with van der Waals surface area (Å²) >= 11 is 0. The van der Waals surface area contributed by atoms with E-state index in [4.69, 9.17) is 0 Å². The van der Waals surface area contributed by atoms with Crippen LogP contribution < -0.4 is 10.2 Å². The number of aryl methyl sites for hydroxylation is 2. The van der Waals surface area contributed by atoms with Gasteiger partial charge in [0.1, 0.15) is 0 Å². The Hall–Kier alpha value is -2.67. The van der Waals surface area contributed by atoms with Crippen LogP contribution in [-0.4, -0.2) is 32.0 Å². The molecule has 0 bridgehead atoms. The Morgan fingerprint density at radius 2 is 1.86 bits per heavy atom. The molecule has 0 radical (unpaired) electrons. The van der Waals surface area contributed by atoms with Crippen LogP contribution in [0.1, 0.15) is 37.0 Å². The molecular formula is C22H26N2O4S. The first-order valence-electron chi connectivity index (χ1n) is 9.61. The summed E-state index contributed by atoms with van der Waals surface area (Å²) in [5.41, 5.74) is 4.32. The van der Waals surface area contributed by atoms with Gasteiger partial charge < -0.3 is 10.2 Å². The minimum Gasteiger partial charge on any atom is -0.326 e. The van der Waals surface area contributed by atoms with Gasteiger partial charge in [0.25, 0.3) is 0 Å². The summed E-state index contributed by atoms with van der Waals surface area (Å²) in [5, 5.41) is 1.94. The third kappa shape index (κ3) is 4.34. The van der Waals surface area contributed by atoms with Gasteiger partial charge in [-0.15, -0.1) is 0 Å². The molecule has 0 unspecified atom stereocenters. The van der Waals surface area contributed by atoms with E-state index in [1.807, 2.05) is 32.0 Å². The molecule has 2 aromatic carbocycles. The molecule has 0 fully saturated rings. The summed E-state index contributed by atoms with van der Waals surface area (Å²) in [5.74, 6) is -0.396. The van der Waals surface area contributed by atoms with Crippen molar-refractivity contribution in [1.29, 1.82) is 0 Å². The molecule has 0 aliphatic carbocycles. The minimum atomic E-state index is -3.67. The van der Waals surface area contributed by atoms with Gasteiger partial charge in [-0.05, 0) is 62.6 Å². The van der Waals surface area contributed by atoms with Crippen molar-refractivity contribution in [3.63, 3.8) is 0 Å². The largest absolute Gasteiger partial charge is 0.326 e. The van der Waals surface area contributed by atoms with Gasteiger partial charge >= 0.3 is 0 Å². The van der Waals surface area contributed by atoms with E-state index in [0.29, 0.717) is 18.7 Å². The Morgan fingerprint density at radius 3 is 2.52 bits per heavy atom. The molecule has 0 saturated heterocycles. The first kappa shape index (κ1) is 21.0. The fraction of sp³-hybridized carbons (Fsp3) is 0.364. The highest BCUT2D eigenvalue weighted by atomic mass is 32.2. The highest BCUT2D eigenvalue weighted by molar-refractivity contribution is 7.92. The summed E-state index contributed by atoms with van der Waals surface area (Å²) in [6.45, 7) is 7.47. The van der Waals surface area contributed by atoms with E-state index >= 15 is 0 Å². The molecule has 7 heteroatoms. The van der Waals surface area contributed by atoms with Crippen molar-refractivity contribution in [2.24, 2.45) is 0 Å². The Balaban J connectivity index is 1.74. The van der Waals surface area contributed by atoms with Crippen LogP contribution in [0.3, 0.4) is 0 Å². The van der Waals surface area contributed by atoms with E-state index < -0.39 is 15.1 Å². The average Bonchev–Trinajstić information content (AvgIpc) is 3.07. The van der Waals surface area contributed by atoms with Gasteiger partial charge in [-0.1, -0.05) is 17.7 Å². The van der Waals surface area contributed by atoms with Crippen LogP contribution in [0.5, 0.6) is 0 Å². The van der Waals surface area contributed by atoms with Crippen molar-refractivity contribution in [1.82, 2.24) is 0 Å². The summed E-state index contributed by atoms with van der Waals surface area (Å²) in [6.07, 6.45) is 0.492. The second kappa shape index (κ2) is 7.99. The van der Waals surface area contributed by atoms with E-state index in [1.54, 1.807) is 24.0 Å². The topological polar surface area (TPSA) is 83.6 Å². The van der Waals surface area contributed by atoms with Crippen LogP contribution in [0.15, 0.2) is 41.3 Å². The zero-order valence-electron chi connectivity index (χ0n) is 17.2. The lowest BCUT2D eigenvalue weighted by Gasteiger charge is -2.17. The molecule has 1 aliphatic rings. The maximum atomic E-state index is 13.0. The Morgan fingerprint density at radius 1 is 1.14 bits per heavy atom. The summed E-state index contributed by atoms with van der Waals surface area (Å²) in [6, 6.07) is 10.5. The maximum Gasteiger partial charge on any atom is 0.225 e. The van der Waals surface area contributed by atoms with Gasteiger partial charge in [0.05, 0.1) is 10.1 Å². The van der Waals surface area contributed by atoms with Crippen LogP contribution in [0.4, 0.5) is 11.4 Å². The molecule has 154 valence electrons. The second-order valence-corrected chi connectivity index (χ2v) is 10.0. The van der Waals surface area contributed by atoms with E-state index in [2.05, 4.69) is 5.32 Å². The number of fused-ring (bicyclic) bond motifs is 1. The molecule has 1 N–H and O–H groups in total. The summed E-state index contributed by atoms with van der Waals surface area (Å²) in [7, 11) is -3.67. The lowest BCUT2D eigenvalue weighted by molar-refractivity contribution is -0.117. The molecule has 1 aliphatic heterocycles. The fourth-order valence-corrected chi connectivity index (χ4v) is 5.04. The second-order valence-electron chi connectivity index (χ2n) is 7.64. The highest BCUT2D eigenvalue weighted by Crippen LogP contribution is 2.31. The monoisotopic (exact) mass is 414 g/mol. The molecule has 3 rings (SSSR count). The molecule has 2 amide bonds. The van der Waals surface area contributed by atoms with Crippen molar-refractivity contribution in [2.75, 3.05) is 16.8 Å². The third-order valence-electron chi connectivity index (χ3n) is 5.31. The number of carbonyl (C=O) groups excluding carboxylic acids is 2. The first-order chi connectivity index (χ1) is 13.6. The van der Waals surface area contributed by atoms with Crippen molar-refractivity contribution < 1.29 is 18.0 Å². The molecule has 2 aromatic rings. The van der Waals surface area contributed by atoms with Gasteiger partial charge in [-0.25, -0.2) is 8.42 Å². The number of benzene rings is 2. The molecular weight excluding hydrogens is 388 g/mol. The predicted molar refractivity (Wildman–Crippen MR) is 114 cm³/mol. The van der Waals surface area contributed by atoms with Gasteiger partial charge in [-0.3, -0.25) is 9.59 Å². The molecule has 1 heterocycles. The van der Waals surface area contributed by atoms with Crippen LogP contribution >= 0.6 is 0 Å². The number of amides is 2. The number of hydrogen-bond donors (Lipinski definition) is 1. The molecule has 0 aromatic heterocycles. The molecule has 29 heavy (non-hydrogen) atoms. The number of rotatable bonds is 5. The van der Waals surface area contributed by atoms with Crippen LogP contribution in [0.2, 0.25) is 0 Å². The Kier molecular flexibility index (Phi) is 5.80. The lowest BCUT2D eigenvalue weighted by atomic mass is 10.1. The Labute approximate surface area is 171 Å². The van der Waals surface area contributed by atoms with Gasteiger partial charge in [-0.2, -0.15) is 0 Å². The number of anilines is 2. The normalized spacial score (nSPS) is 14.4. The zero-order chi connectivity index (χ0) is 21.3. The molecule has 1 atom stereocenters. The number of nitrogens with zero attached hydrogens (tertiary/aromatic N) is 1. The van der Waals surface area contributed by atoms with Crippen molar-refractivity contribution >= 4 is 33.0 Å². The van der Waals surface area contributed by atoms with Crippen molar-refractivity contribution in [3.8, 4) is 0 Å². The summed E-state index contributed by atoms with van der Waals surface area (Å²) < 4.78 is 26.0. The quantitative estimate of drug-likeness (QED) is 0.813. The number of nitrogens with one attached hydrogen (secondary N) is 1. The number of hydrogen-bond acceptors (Lipinski definition) is 4. The molecule has 0 spiro atoms. The average molecular weight is 415 g/mol. The minimum absolute atomic E-state index is 0.0594. The van der Waals surface area contributed by atoms with Crippen LogP contribution in [0, 0.1) is 13.8 Å². The van der Waals surface area contributed by atoms with E-state index in [0.717, 1.165) is 22.4 Å². The zero-order valence-corrected chi connectivity index (χ0v) is 18.0. The smallest absolute Gasteiger partial charge is 0.225 e. The molecule has 0 saturated carbocycles. The van der Waals surface area contributed by atoms with E-state index in [-0.39, 0.29) is 23.1 Å². The number of sulfone groups is 1.